The van der Waals surface area contributed by atoms with E-state index in [1.165, 1.54) is 0 Å². The summed E-state index contributed by atoms with van der Waals surface area (Å²) in [4.78, 5) is 12.8. The Bertz CT molecular complexity index is 402. The molecule has 1 N–H and O–H groups in total. The molecule has 2 atom stereocenters. The van der Waals surface area contributed by atoms with Gasteiger partial charge in [0.15, 0.2) is 9.84 Å². The van der Waals surface area contributed by atoms with Crippen LogP contribution in [0.3, 0.4) is 0 Å². The topological polar surface area (TPSA) is 83.9 Å². The van der Waals surface area contributed by atoms with Crippen molar-refractivity contribution < 1.29 is 23.1 Å². The first kappa shape index (κ1) is 13.8. The lowest BCUT2D eigenvalue weighted by Crippen LogP contribution is -2.49. The fraction of sp³-hybridized carbons (Fsp3) is 0.909. The van der Waals surface area contributed by atoms with E-state index in [4.69, 9.17) is 9.84 Å². The number of carbonyl (C=O) groups is 1. The summed E-state index contributed by atoms with van der Waals surface area (Å²) in [5.74, 6) is -0.664. The van der Waals surface area contributed by atoms with E-state index in [9.17, 15) is 13.2 Å². The monoisotopic (exact) mass is 277 g/mol. The van der Waals surface area contributed by atoms with Crippen LogP contribution in [0.15, 0.2) is 0 Å². The molecule has 2 saturated heterocycles. The van der Waals surface area contributed by atoms with Gasteiger partial charge in [-0.3, -0.25) is 9.69 Å². The number of hydrogen-bond acceptors (Lipinski definition) is 5. The Morgan fingerprint density at radius 1 is 1.33 bits per heavy atom. The van der Waals surface area contributed by atoms with Gasteiger partial charge in [-0.15, -0.1) is 0 Å². The summed E-state index contributed by atoms with van der Waals surface area (Å²) in [6.07, 6.45) is 2.32. The molecule has 2 unspecified atom stereocenters. The van der Waals surface area contributed by atoms with E-state index >= 15 is 0 Å². The van der Waals surface area contributed by atoms with Crippen molar-refractivity contribution in [1.29, 1.82) is 0 Å². The van der Waals surface area contributed by atoms with E-state index in [0.717, 1.165) is 12.8 Å². The summed E-state index contributed by atoms with van der Waals surface area (Å²) in [7, 11) is -2.99. The van der Waals surface area contributed by atoms with Crippen LogP contribution in [0.1, 0.15) is 19.3 Å². The fourth-order valence-corrected chi connectivity index (χ4v) is 4.48. The van der Waals surface area contributed by atoms with E-state index in [2.05, 4.69) is 0 Å². The van der Waals surface area contributed by atoms with Gasteiger partial charge in [0.25, 0.3) is 0 Å². The van der Waals surface area contributed by atoms with Crippen molar-refractivity contribution in [2.75, 3.05) is 31.3 Å². The van der Waals surface area contributed by atoms with Crippen LogP contribution in [0.4, 0.5) is 0 Å². The Morgan fingerprint density at radius 3 is 2.61 bits per heavy atom. The van der Waals surface area contributed by atoms with Crippen LogP contribution in [-0.4, -0.2) is 67.7 Å². The first-order valence-electron chi connectivity index (χ1n) is 6.23. The molecule has 2 aliphatic rings. The average molecular weight is 277 g/mol. The number of nitrogens with zero attached hydrogens (tertiary/aromatic N) is 1. The number of aliphatic carboxylic acids is 1. The van der Waals surface area contributed by atoms with E-state index < -0.39 is 15.8 Å². The van der Waals surface area contributed by atoms with Gasteiger partial charge in [-0.1, -0.05) is 0 Å². The normalized spacial score (nSPS) is 31.6. The van der Waals surface area contributed by atoms with Crippen LogP contribution in [0, 0.1) is 0 Å². The Morgan fingerprint density at radius 2 is 2.11 bits per heavy atom. The zero-order valence-electron chi connectivity index (χ0n) is 10.2. The maximum Gasteiger partial charge on any atom is 0.317 e. The van der Waals surface area contributed by atoms with Crippen LogP contribution in [-0.2, 0) is 19.4 Å². The van der Waals surface area contributed by atoms with Crippen LogP contribution in [0.25, 0.3) is 0 Å². The van der Waals surface area contributed by atoms with E-state index in [0.29, 0.717) is 19.6 Å². The second-order valence-corrected chi connectivity index (χ2v) is 7.22. The second kappa shape index (κ2) is 5.54. The minimum Gasteiger partial charge on any atom is -0.480 e. The third-order valence-corrected chi connectivity index (χ3v) is 5.35. The Labute approximate surface area is 107 Å². The van der Waals surface area contributed by atoms with E-state index in [-0.39, 0.29) is 30.1 Å². The molecule has 0 aromatic carbocycles. The lowest BCUT2D eigenvalue weighted by Gasteiger charge is -2.36. The molecule has 6 nitrogen and oxygen atoms in total. The van der Waals surface area contributed by atoms with Gasteiger partial charge >= 0.3 is 5.97 Å². The first-order chi connectivity index (χ1) is 8.48. The molecule has 0 radical (unpaired) electrons. The molecule has 2 fully saturated rings. The molecule has 0 aromatic rings. The molecule has 0 amide bonds. The van der Waals surface area contributed by atoms with Crippen molar-refractivity contribution in [3.8, 4) is 0 Å². The van der Waals surface area contributed by atoms with Gasteiger partial charge < -0.3 is 9.84 Å². The van der Waals surface area contributed by atoms with Crippen molar-refractivity contribution in [3.63, 3.8) is 0 Å². The number of rotatable bonds is 4. The van der Waals surface area contributed by atoms with Crippen molar-refractivity contribution in [2.24, 2.45) is 0 Å². The smallest absolute Gasteiger partial charge is 0.317 e. The van der Waals surface area contributed by atoms with Crippen molar-refractivity contribution in [3.05, 3.63) is 0 Å². The number of hydrogen-bond donors (Lipinski definition) is 1. The van der Waals surface area contributed by atoms with Crippen molar-refractivity contribution in [2.45, 2.75) is 31.3 Å². The second-order valence-electron chi connectivity index (χ2n) is 4.99. The molecule has 7 heteroatoms. The van der Waals surface area contributed by atoms with Crippen LogP contribution >= 0.6 is 0 Å². The summed E-state index contributed by atoms with van der Waals surface area (Å²) in [5, 5.41) is 8.97. The van der Waals surface area contributed by atoms with Crippen LogP contribution < -0.4 is 0 Å². The molecular weight excluding hydrogens is 258 g/mol. The summed E-state index contributed by atoms with van der Waals surface area (Å²) in [5.41, 5.74) is 0. The Hall–Kier alpha value is -0.660. The largest absolute Gasteiger partial charge is 0.480 e. The van der Waals surface area contributed by atoms with Gasteiger partial charge in [0.1, 0.15) is 0 Å². The minimum absolute atomic E-state index is 0.0353. The number of ether oxygens (including phenoxy) is 1. The third-order valence-electron chi connectivity index (χ3n) is 3.60. The lowest BCUT2D eigenvalue weighted by atomic mass is 10.1. The highest BCUT2D eigenvalue weighted by Crippen LogP contribution is 2.23. The fourth-order valence-electron chi connectivity index (χ4n) is 2.73. The Kier molecular flexibility index (Phi) is 4.24. The summed E-state index contributed by atoms with van der Waals surface area (Å²) < 4.78 is 28.4. The van der Waals surface area contributed by atoms with Gasteiger partial charge in [-0.25, -0.2) is 8.42 Å². The average Bonchev–Trinajstić information content (AvgIpc) is 2.67. The molecule has 2 rings (SSSR count). The first-order valence-corrected chi connectivity index (χ1v) is 8.06. The minimum atomic E-state index is -2.99. The molecular formula is C11H19NO5S. The number of carboxylic acids is 1. The highest BCUT2D eigenvalue weighted by Gasteiger charge is 2.37. The number of carboxylic acid groups (broad SMARTS) is 1. The quantitative estimate of drug-likeness (QED) is 0.762. The van der Waals surface area contributed by atoms with Crippen LogP contribution in [0.2, 0.25) is 0 Å². The van der Waals surface area contributed by atoms with Crippen LogP contribution in [0.5, 0.6) is 0 Å². The molecule has 0 aromatic heterocycles. The predicted octanol–water partition coefficient (Wildman–Crippen LogP) is -0.261. The molecule has 2 aliphatic heterocycles. The highest BCUT2D eigenvalue weighted by molar-refractivity contribution is 7.91. The highest BCUT2D eigenvalue weighted by atomic mass is 32.2. The molecule has 18 heavy (non-hydrogen) atoms. The zero-order chi connectivity index (χ0) is 13.2. The zero-order valence-corrected chi connectivity index (χ0v) is 11.1. The lowest BCUT2D eigenvalue weighted by molar-refractivity contribution is -0.140. The molecule has 2 heterocycles. The molecule has 0 spiro atoms. The standard InChI is InChI=1S/C11H19NO5S/c13-11(14)6-12(9-2-1-4-17-7-9)10-3-5-18(15,16)8-10/h9-10H,1-8H2,(H,13,14). The Balaban J connectivity index is 2.07. The summed E-state index contributed by atoms with van der Waals surface area (Å²) in [6, 6.07) is -0.133. The van der Waals surface area contributed by atoms with Crippen molar-refractivity contribution >= 4 is 15.8 Å². The SMILES string of the molecule is O=C(O)CN(C1CCCOC1)C1CCS(=O)(=O)C1. The van der Waals surface area contributed by atoms with Gasteiger partial charge in [-0.05, 0) is 19.3 Å². The van der Waals surface area contributed by atoms with Gasteiger partial charge in [0.2, 0.25) is 0 Å². The predicted molar refractivity (Wildman–Crippen MR) is 65.2 cm³/mol. The summed E-state index contributed by atoms with van der Waals surface area (Å²) in [6.45, 7) is 1.11. The van der Waals surface area contributed by atoms with E-state index in [1.54, 1.807) is 0 Å². The molecule has 0 saturated carbocycles. The van der Waals surface area contributed by atoms with E-state index in [1.807, 2.05) is 4.90 Å². The maximum atomic E-state index is 11.5. The summed E-state index contributed by atoms with van der Waals surface area (Å²) >= 11 is 0. The van der Waals surface area contributed by atoms with Crippen molar-refractivity contribution in [1.82, 2.24) is 4.90 Å². The van der Waals surface area contributed by atoms with Gasteiger partial charge in [-0.2, -0.15) is 0 Å². The van der Waals surface area contributed by atoms with Gasteiger partial charge in [0, 0.05) is 18.7 Å². The molecule has 0 aliphatic carbocycles. The van der Waals surface area contributed by atoms with Gasteiger partial charge in [0.05, 0.1) is 24.7 Å². The third kappa shape index (κ3) is 3.43. The number of sulfone groups is 1. The maximum absolute atomic E-state index is 11.5. The molecule has 0 bridgehead atoms. The molecule has 104 valence electrons.